The number of methoxy groups -OCH3 is 1. The first-order valence-electron chi connectivity index (χ1n) is 3.72. The molecule has 1 heterocycles. The predicted molar refractivity (Wildman–Crippen MR) is 55.4 cm³/mol. The molecule has 1 aromatic heterocycles. The van der Waals surface area contributed by atoms with Crippen molar-refractivity contribution in [3.63, 3.8) is 0 Å². The molecule has 7 heteroatoms. The summed E-state index contributed by atoms with van der Waals surface area (Å²) in [6.45, 7) is 0. The number of carboxylic acid groups (broad SMARTS) is 1. The maximum atomic E-state index is 12.5. The van der Waals surface area contributed by atoms with Crippen LogP contribution in [0.3, 0.4) is 0 Å². The molecule has 15 heavy (non-hydrogen) atoms. The van der Waals surface area contributed by atoms with Gasteiger partial charge >= 0.3 is 5.97 Å². The molecular formula is C8H6F2INO3. The van der Waals surface area contributed by atoms with Crippen molar-refractivity contribution in [1.82, 2.24) is 4.98 Å². The van der Waals surface area contributed by atoms with E-state index in [9.17, 15) is 13.6 Å². The van der Waals surface area contributed by atoms with E-state index in [1.807, 2.05) is 0 Å². The molecule has 0 fully saturated rings. The molecule has 0 aliphatic rings. The smallest absolute Gasteiger partial charge is 0.355 e. The van der Waals surface area contributed by atoms with Gasteiger partial charge in [-0.1, -0.05) is 0 Å². The van der Waals surface area contributed by atoms with E-state index in [-0.39, 0.29) is 15.0 Å². The van der Waals surface area contributed by atoms with Crippen LogP contribution in [0, 0.1) is 3.57 Å². The van der Waals surface area contributed by atoms with Crippen LogP contribution in [-0.4, -0.2) is 23.2 Å². The van der Waals surface area contributed by atoms with Gasteiger partial charge in [-0.2, -0.15) is 0 Å². The Bertz CT molecular complexity index is 398. The summed E-state index contributed by atoms with van der Waals surface area (Å²) in [7, 11) is 1.20. The molecule has 0 amide bonds. The Balaban J connectivity index is 3.39. The first-order chi connectivity index (χ1) is 6.99. The van der Waals surface area contributed by atoms with Crippen LogP contribution >= 0.6 is 22.6 Å². The third-order valence-electron chi connectivity index (χ3n) is 1.64. The number of halogens is 3. The van der Waals surface area contributed by atoms with Crippen molar-refractivity contribution in [1.29, 1.82) is 0 Å². The van der Waals surface area contributed by atoms with Crippen LogP contribution in [0.25, 0.3) is 0 Å². The molecule has 4 nitrogen and oxygen atoms in total. The first kappa shape index (κ1) is 12.1. The standard InChI is InChI=1S/C8H6F2INO3/c1-15-6-3(7(9)10)2-12-5(4(6)11)8(13)14/h2,7H,1H3,(H,13,14). The van der Waals surface area contributed by atoms with E-state index >= 15 is 0 Å². The summed E-state index contributed by atoms with van der Waals surface area (Å²) in [5.41, 5.74) is -0.705. The van der Waals surface area contributed by atoms with Gasteiger partial charge in [0.2, 0.25) is 0 Å². The minimum Gasteiger partial charge on any atom is -0.495 e. The number of hydrogen-bond acceptors (Lipinski definition) is 3. The van der Waals surface area contributed by atoms with Gasteiger partial charge in [0.25, 0.3) is 6.43 Å². The van der Waals surface area contributed by atoms with Gasteiger partial charge in [-0.15, -0.1) is 0 Å². The number of hydrogen-bond donors (Lipinski definition) is 1. The van der Waals surface area contributed by atoms with E-state index in [0.717, 1.165) is 6.20 Å². The van der Waals surface area contributed by atoms with Gasteiger partial charge in [0.05, 0.1) is 16.2 Å². The number of carboxylic acids is 1. The molecule has 0 atom stereocenters. The van der Waals surface area contributed by atoms with Crippen molar-refractivity contribution in [2.75, 3.05) is 7.11 Å². The summed E-state index contributed by atoms with van der Waals surface area (Å²) in [6, 6.07) is 0. The van der Waals surface area contributed by atoms with Crippen molar-refractivity contribution in [2.45, 2.75) is 6.43 Å². The lowest BCUT2D eigenvalue weighted by Gasteiger charge is -2.10. The van der Waals surface area contributed by atoms with Crippen LogP contribution < -0.4 is 4.74 Å². The largest absolute Gasteiger partial charge is 0.495 e. The van der Waals surface area contributed by atoms with Crippen molar-refractivity contribution >= 4 is 28.6 Å². The number of nitrogens with zero attached hydrogens (tertiary/aromatic N) is 1. The second kappa shape index (κ2) is 4.69. The normalized spacial score (nSPS) is 10.5. The number of ether oxygens (including phenoxy) is 1. The van der Waals surface area contributed by atoms with E-state index in [0.29, 0.717) is 0 Å². The lowest BCUT2D eigenvalue weighted by Crippen LogP contribution is -2.07. The average Bonchev–Trinajstić information content (AvgIpc) is 2.16. The van der Waals surface area contributed by atoms with Crippen LogP contribution in [0.5, 0.6) is 5.75 Å². The summed E-state index contributed by atoms with van der Waals surface area (Å²) < 4.78 is 29.7. The highest BCUT2D eigenvalue weighted by Gasteiger charge is 2.22. The number of carbonyl (C=O) groups is 1. The van der Waals surface area contributed by atoms with Gasteiger partial charge in [-0.05, 0) is 22.6 Å². The summed E-state index contributed by atoms with van der Waals surface area (Å²) in [6.07, 6.45) is -1.93. The molecule has 1 N–H and O–H groups in total. The number of aromatic carboxylic acids is 1. The van der Waals surface area contributed by atoms with Gasteiger partial charge in [0.15, 0.2) is 5.69 Å². The van der Waals surface area contributed by atoms with Gasteiger partial charge < -0.3 is 9.84 Å². The summed E-state index contributed by atoms with van der Waals surface area (Å²) in [5.74, 6) is -1.42. The lowest BCUT2D eigenvalue weighted by molar-refractivity contribution is 0.0687. The molecule has 0 saturated carbocycles. The van der Waals surface area contributed by atoms with Crippen molar-refractivity contribution in [3.8, 4) is 5.75 Å². The number of aromatic nitrogens is 1. The van der Waals surface area contributed by atoms with E-state index in [4.69, 9.17) is 9.84 Å². The molecule has 0 aliphatic heterocycles. The highest BCUT2D eigenvalue weighted by molar-refractivity contribution is 14.1. The van der Waals surface area contributed by atoms with Gasteiger partial charge in [-0.3, -0.25) is 0 Å². The van der Waals surface area contributed by atoms with Crippen LogP contribution in [0.15, 0.2) is 6.20 Å². The monoisotopic (exact) mass is 329 g/mol. The third kappa shape index (κ3) is 2.33. The molecule has 1 aromatic rings. The fraction of sp³-hybridized carbons (Fsp3) is 0.250. The van der Waals surface area contributed by atoms with Gasteiger partial charge in [-0.25, -0.2) is 18.6 Å². The molecule has 0 unspecified atom stereocenters. The zero-order valence-electron chi connectivity index (χ0n) is 7.50. The van der Waals surface area contributed by atoms with Crippen molar-refractivity contribution in [3.05, 3.63) is 21.0 Å². The lowest BCUT2D eigenvalue weighted by atomic mass is 10.2. The second-order valence-electron chi connectivity index (χ2n) is 2.52. The third-order valence-corrected chi connectivity index (χ3v) is 2.64. The summed E-state index contributed by atoms with van der Waals surface area (Å²) >= 11 is 1.61. The molecular weight excluding hydrogens is 323 g/mol. The fourth-order valence-electron chi connectivity index (χ4n) is 0.996. The maximum absolute atomic E-state index is 12.5. The second-order valence-corrected chi connectivity index (χ2v) is 3.59. The van der Waals surface area contributed by atoms with Crippen LogP contribution in [-0.2, 0) is 0 Å². The highest BCUT2D eigenvalue weighted by atomic mass is 127. The quantitative estimate of drug-likeness (QED) is 0.865. The Morgan fingerprint density at radius 1 is 1.67 bits per heavy atom. The Labute approximate surface area is 97.4 Å². The van der Waals surface area contributed by atoms with Gasteiger partial charge in [0, 0.05) is 6.20 Å². The van der Waals surface area contributed by atoms with Crippen molar-refractivity contribution < 1.29 is 23.4 Å². The van der Waals surface area contributed by atoms with E-state index in [1.165, 1.54) is 7.11 Å². The maximum Gasteiger partial charge on any atom is 0.355 e. The molecule has 0 aliphatic carbocycles. The van der Waals surface area contributed by atoms with Crippen molar-refractivity contribution in [2.24, 2.45) is 0 Å². The molecule has 0 spiro atoms. The topological polar surface area (TPSA) is 59.4 Å². The van der Waals surface area contributed by atoms with E-state index in [2.05, 4.69) is 4.98 Å². The Hall–Kier alpha value is -0.990. The fourth-order valence-corrected chi connectivity index (χ4v) is 1.90. The Morgan fingerprint density at radius 3 is 2.67 bits per heavy atom. The zero-order chi connectivity index (χ0) is 11.6. The average molecular weight is 329 g/mol. The van der Waals surface area contributed by atoms with Crippen LogP contribution in [0.2, 0.25) is 0 Å². The Kier molecular flexibility index (Phi) is 3.77. The van der Waals surface area contributed by atoms with E-state index < -0.39 is 18.0 Å². The number of alkyl halides is 2. The molecule has 0 saturated heterocycles. The minimum atomic E-state index is -2.75. The van der Waals surface area contributed by atoms with E-state index in [1.54, 1.807) is 22.6 Å². The Morgan fingerprint density at radius 2 is 2.27 bits per heavy atom. The minimum absolute atomic E-state index is 0.0698. The SMILES string of the molecule is COc1c(C(F)F)cnc(C(=O)O)c1I. The van der Waals surface area contributed by atoms with Crippen LogP contribution in [0.1, 0.15) is 22.5 Å². The van der Waals surface area contributed by atoms with Crippen LogP contribution in [0.4, 0.5) is 8.78 Å². The molecule has 1 rings (SSSR count). The highest BCUT2D eigenvalue weighted by Crippen LogP contribution is 2.33. The molecule has 0 aromatic carbocycles. The predicted octanol–water partition coefficient (Wildman–Crippen LogP) is 2.33. The number of rotatable bonds is 3. The molecule has 0 bridgehead atoms. The molecule has 82 valence electrons. The molecule has 0 radical (unpaired) electrons. The zero-order valence-corrected chi connectivity index (χ0v) is 9.66. The number of pyridine rings is 1. The summed E-state index contributed by atoms with van der Waals surface area (Å²) in [4.78, 5) is 14.1. The van der Waals surface area contributed by atoms with Gasteiger partial charge in [0.1, 0.15) is 5.75 Å². The summed E-state index contributed by atoms with van der Waals surface area (Å²) in [5, 5.41) is 8.70. The first-order valence-corrected chi connectivity index (χ1v) is 4.80.